The van der Waals surface area contributed by atoms with Crippen LogP contribution in [0.1, 0.15) is 92.9 Å². The number of hydrogen-bond donors (Lipinski definition) is 2. The van der Waals surface area contributed by atoms with Crippen LogP contribution in [0.5, 0.6) is 0 Å². The van der Waals surface area contributed by atoms with Crippen molar-refractivity contribution in [2.24, 2.45) is 0 Å². The molecule has 0 saturated carbocycles. The van der Waals surface area contributed by atoms with Crippen molar-refractivity contribution >= 4 is 18.9 Å². The van der Waals surface area contributed by atoms with E-state index in [2.05, 4.69) is 46.2 Å². The van der Waals surface area contributed by atoms with Crippen LogP contribution in [0.25, 0.3) is 0 Å². The molecule has 3 unspecified atom stereocenters. The van der Waals surface area contributed by atoms with Crippen LogP contribution in [0.3, 0.4) is 0 Å². The molecule has 0 aromatic carbocycles. The second kappa shape index (κ2) is 13.7. The molecule has 0 saturated heterocycles. The highest BCUT2D eigenvalue weighted by Crippen LogP contribution is 2.52. The van der Waals surface area contributed by atoms with Gasteiger partial charge in [-0.25, -0.2) is 4.67 Å². The van der Waals surface area contributed by atoms with Gasteiger partial charge in [0.25, 0.3) is 0 Å². The highest BCUT2D eigenvalue weighted by Gasteiger charge is 2.39. The fourth-order valence-electron chi connectivity index (χ4n) is 3.14. The molecule has 0 bridgehead atoms. The first-order chi connectivity index (χ1) is 11.7. The Morgan fingerprint density at radius 2 is 1.52 bits per heavy atom. The Labute approximate surface area is 162 Å². The summed E-state index contributed by atoms with van der Waals surface area (Å²) in [5.41, 5.74) is -1.21. The maximum atomic E-state index is 11.1. The van der Waals surface area contributed by atoms with Crippen LogP contribution in [-0.4, -0.2) is 45.3 Å². The van der Waals surface area contributed by atoms with Crippen LogP contribution in [0.15, 0.2) is 0 Å². The summed E-state index contributed by atoms with van der Waals surface area (Å²) in [5.74, 6) is 0. The first-order valence-electron chi connectivity index (χ1n) is 9.97. The third kappa shape index (κ3) is 9.35. The number of aliphatic hydroxyl groups is 2. The lowest BCUT2D eigenvalue weighted by atomic mass is 9.88. The summed E-state index contributed by atoms with van der Waals surface area (Å²) in [6, 6.07) is 0.532. The minimum absolute atomic E-state index is 0.266. The van der Waals surface area contributed by atoms with E-state index >= 15 is 0 Å². The quantitative estimate of drug-likeness (QED) is 0.269. The van der Waals surface area contributed by atoms with Crippen molar-refractivity contribution in [2.45, 2.75) is 117 Å². The Hall–Kier alpha value is 0.560. The van der Waals surface area contributed by atoms with Crippen LogP contribution in [0, 0.1) is 0 Å². The van der Waals surface area contributed by atoms with Gasteiger partial charge in [-0.2, -0.15) is 0 Å². The Bertz CT molecular complexity index is 326. The van der Waals surface area contributed by atoms with E-state index in [0.717, 1.165) is 44.9 Å². The zero-order chi connectivity index (χ0) is 19.5. The molecule has 0 fully saturated rings. The first-order valence-corrected chi connectivity index (χ1v) is 12.1. The van der Waals surface area contributed by atoms with Crippen molar-refractivity contribution in [2.75, 3.05) is 6.61 Å². The molecule has 4 nitrogen and oxygen atoms in total. The smallest absolute Gasteiger partial charge is 0.207 e. The molecule has 0 amide bonds. The third-order valence-corrected chi connectivity index (χ3v) is 7.09. The zero-order valence-corrected chi connectivity index (χ0v) is 18.8. The van der Waals surface area contributed by atoms with Gasteiger partial charge in [-0.15, -0.1) is 0 Å². The Balaban J connectivity index is 5.16. The standard InChI is InChI=1S/C19H41ClNO3P/c1-7-9-11-13-18(19(23,15-22)14-12-10-8-2)24-25(20)21(16(3)4)17(5)6/h16-18,22-23H,7-15H2,1-6H3. The topological polar surface area (TPSA) is 52.9 Å². The van der Waals surface area contributed by atoms with Crippen LogP contribution in [-0.2, 0) is 4.52 Å². The van der Waals surface area contributed by atoms with Gasteiger partial charge in [0.1, 0.15) is 5.60 Å². The second-order valence-corrected chi connectivity index (χ2v) is 9.60. The lowest BCUT2D eigenvalue weighted by Gasteiger charge is -2.40. The van der Waals surface area contributed by atoms with Gasteiger partial charge < -0.3 is 14.7 Å². The number of rotatable bonds is 15. The minimum atomic E-state index is -1.34. The number of halogens is 1. The van der Waals surface area contributed by atoms with Gasteiger partial charge in [-0.3, -0.25) is 0 Å². The van der Waals surface area contributed by atoms with E-state index in [0.29, 0.717) is 6.42 Å². The van der Waals surface area contributed by atoms with Crippen molar-refractivity contribution in [3.05, 3.63) is 0 Å². The molecule has 3 atom stereocenters. The van der Waals surface area contributed by atoms with Gasteiger partial charge in [0, 0.05) is 12.1 Å². The number of unbranched alkanes of at least 4 members (excludes halogenated alkanes) is 4. The van der Waals surface area contributed by atoms with E-state index < -0.39 is 19.4 Å². The molecular weight excluding hydrogens is 357 g/mol. The fraction of sp³-hybridized carbons (Fsp3) is 1.00. The molecule has 0 aliphatic carbocycles. The average Bonchev–Trinajstić information content (AvgIpc) is 2.53. The van der Waals surface area contributed by atoms with Gasteiger partial charge in [-0.1, -0.05) is 52.4 Å². The highest BCUT2D eigenvalue weighted by atomic mass is 35.7. The molecule has 2 N–H and O–H groups in total. The van der Waals surface area contributed by atoms with Crippen molar-refractivity contribution in [3.63, 3.8) is 0 Å². The molecule has 0 heterocycles. The molecule has 6 heteroatoms. The average molecular weight is 398 g/mol. The fourth-order valence-corrected chi connectivity index (χ4v) is 5.82. The lowest BCUT2D eigenvalue weighted by molar-refractivity contribution is -0.102. The molecule has 25 heavy (non-hydrogen) atoms. The predicted octanol–water partition coefficient (Wildman–Crippen LogP) is 5.84. The number of nitrogens with zero attached hydrogens (tertiary/aromatic N) is 1. The SMILES string of the molecule is CCCCCC(OP(Cl)N(C(C)C)C(C)C)C(O)(CO)CCCCC. The molecule has 0 spiro atoms. The first kappa shape index (κ1) is 25.6. The number of hydrogen-bond acceptors (Lipinski definition) is 4. The Morgan fingerprint density at radius 3 is 1.96 bits per heavy atom. The summed E-state index contributed by atoms with van der Waals surface area (Å²) in [7, 11) is -1.34. The van der Waals surface area contributed by atoms with Gasteiger partial charge in [0.05, 0.1) is 12.7 Å². The Morgan fingerprint density at radius 1 is 1.00 bits per heavy atom. The molecule has 0 aromatic rings. The number of aliphatic hydroxyl groups excluding tert-OH is 1. The van der Waals surface area contributed by atoms with Gasteiger partial charge in [0.15, 0.2) is 0 Å². The van der Waals surface area contributed by atoms with E-state index in [1.165, 1.54) is 0 Å². The van der Waals surface area contributed by atoms with Crippen LogP contribution in [0.4, 0.5) is 0 Å². The van der Waals surface area contributed by atoms with Crippen LogP contribution < -0.4 is 0 Å². The van der Waals surface area contributed by atoms with Gasteiger partial charge in [0.2, 0.25) is 7.65 Å². The van der Waals surface area contributed by atoms with E-state index in [1.54, 1.807) is 0 Å². The molecule has 152 valence electrons. The van der Waals surface area contributed by atoms with Crippen LogP contribution in [0.2, 0.25) is 0 Å². The lowest BCUT2D eigenvalue weighted by Crippen LogP contribution is -2.47. The molecule has 0 aliphatic rings. The zero-order valence-electron chi connectivity index (χ0n) is 17.2. The third-order valence-electron chi connectivity index (χ3n) is 4.61. The van der Waals surface area contributed by atoms with E-state index in [1.807, 2.05) is 0 Å². The highest BCUT2D eigenvalue weighted by molar-refractivity contribution is 7.78. The molecule has 0 rings (SSSR count). The molecular formula is C19H41ClNO3P. The van der Waals surface area contributed by atoms with Crippen LogP contribution >= 0.6 is 18.9 Å². The van der Waals surface area contributed by atoms with E-state index in [-0.39, 0.29) is 18.7 Å². The normalized spacial score (nSPS) is 17.3. The predicted molar refractivity (Wildman–Crippen MR) is 110 cm³/mol. The van der Waals surface area contributed by atoms with E-state index in [9.17, 15) is 10.2 Å². The van der Waals surface area contributed by atoms with Crippen molar-refractivity contribution in [1.82, 2.24) is 4.67 Å². The van der Waals surface area contributed by atoms with Crippen molar-refractivity contribution < 1.29 is 14.7 Å². The summed E-state index contributed by atoms with van der Waals surface area (Å²) < 4.78 is 8.36. The second-order valence-electron chi connectivity index (χ2n) is 7.60. The van der Waals surface area contributed by atoms with Crippen molar-refractivity contribution in [3.8, 4) is 0 Å². The summed E-state index contributed by atoms with van der Waals surface area (Å²) in [6.45, 7) is 12.4. The van der Waals surface area contributed by atoms with Gasteiger partial charge >= 0.3 is 0 Å². The maximum Gasteiger partial charge on any atom is 0.207 e. The monoisotopic (exact) mass is 397 g/mol. The Kier molecular flexibility index (Phi) is 14.0. The molecule has 0 aliphatic heterocycles. The maximum absolute atomic E-state index is 11.1. The summed E-state index contributed by atoms with van der Waals surface area (Å²) in [4.78, 5) is 0. The summed E-state index contributed by atoms with van der Waals surface area (Å²) in [5, 5.41) is 21.0. The van der Waals surface area contributed by atoms with Gasteiger partial charge in [-0.05, 0) is 51.8 Å². The summed E-state index contributed by atoms with van der Waals surface area (Å²) in [6.07, 6.45) is 7.05. The summed E-state index contributed by atoms with van der Waals surface area (Å²) >= 11 is 6.64. The molecule has 0 aromatic heterocycles. The van der Waals surface area contributed by atoms with E-state index in [4.69, 9.17) is 15.8 Å². The molecule has 0 radical (unpaired) electrons. The largest absolute Gasteiger partial charge is 0.393 e. The van der Waals surface area contributed by atoms with Crippen molar-refractivity contribution in [1.29, 1.82) is 0 Å². The minimum Gasteiger partial charge on any atom is -0.393 e.